The highest BCUT2D eigenvalue weighted by Gasteiger charge is 2.20. The highest BCUT2D eigenvalue weighted by atomic mass is 16.2. The molecule has 0 atom stereocenters. The van der Waals surface area contributed by atoms with Crippen molar-refractivity contribution in [2.75, 3.05) is 24.1 Å². The molecule has 3 N–H and O–H groups in total. The Kier molecular flexibility index (Phi) is 6.17. The van der Waals surface area contributed by atoms with Gasteiger partial charge in [-0.1, -0.05) is 31.2 Å². The summed E-state index contributed by atoms with van der Waals surface area (Å²) in [5.41, 5.74) is 9.48. The molecule has 0 radical (unpaired) electrons. The first-order valence-corrected chi connectivity index (χ1v) is 8.43. The van der Waals surface area contributed by atoms with Crippen molar-refractivity contribution in [3.8, 4) is 0 Å². The van der Waals surface area contributed by atoms with Crippen molar-refractivity contribution in [2.45, 2.75) is 27.2 Å². The van der Waals surface area contributed by atoms with Crippen molar-refractivity contribution in [1.29, 1.82) is 0 Å². The average Bonchev–Trinajstić information content (AvgIpc) is 2.58. The SMILES string of the molecule is CCCN(CC(=O)Nc1ccccc1C)C(=O)c1cc(N)ccc1C. The van der Waals surface area contributed by atoms with E-state index in [2.05, 4.69) is 5.32 Å². The number of hydrogen-bond donors (Lipinski definition) is 2. The summed E-state index contributed by atoms with van der Waals surface area (Å²) in [5.74, 6) is -0.385. The zero-order valence-corrected chi connectivity index (χ0v) is 15.0. The minimum atomic E-state index is -0.211. The van der Waals surface area contributed by atoms with Crippen LogP contribution in [0.15, 0.2) is 42.5 Å². The monoisotopic (exact) mass is 339 g/mol. The van der Waals surface area contributed by atoms with E-state index >= 15 is 0 Å². The van der Waals surface area contributed by atoms with E-state index in [9.17, 15) is 9.59 Å². The fourth-order valence-electron chi connectivity index (χ4n) is 2.64. The van der Waals surface area contributed by atoms with Gasteiger partial charge in [0.05, 0.1) is 0 Å². The van der Waals surface area contributed by atoms with Gasteiger partial charge in [0.1, 0.15) is 6.54 Å². The predicted molar refractivity (Wildman–Crippen MR) is 102 cm³/mol. The summed E-state index contributed by atoms with van der Waals surface area (Å²) >= 11 is 0. The fraction of sp³-hybridized carbons (Fsp3) is 0.300. The molecule has 2 amide bonds. The standard InChI is InChI=1S/C20H25N3O2/c1-4-11-23(20(25)17-12-16(21)10-9-14(17)2)13-19(24)22-18-8-6-5-7-15(18)3/h5-10,12H,4,11,13,21H2,1-3H3,(H,22,24). The molecule has 2 aromatic rings. The number of rotatable bonds is 6. The number of nitrogens with two attached hydrogens (primary N) is 1. The molecule has 0 fully saturated rings. The van der Waals surface area contributed by atoms with E-state index in [0.29, 0.717) is 17.8 Å². The summed E-state index contributed by atoms with van der Waals surface area (Å²) in [6.07, 6.45) is 0.769. The van der Waals surface area contributed by atoms with Gasteiger partial charge in [-0.15, -0.1) is 0 Å². The van der Waals surface area contributed by atoms with E-state index in [1.54, 1.807) is 17.0 Å². The molecule has 0 unspecified atom stereocenters. The minimum absolute atomic E-state index is 0.00917. The molecular weight excluding hydrogens is 314 g/mol. The number of hydrogen-bond acceptors (Lipinski definition) is 3. The third-order valence-electron chi connectivity index (χ3n) is 4.03. The molecule has 2 aromatic carbocycles. The van der Waals surface area contributed by atoms with Gasteiger partial charge in [-0.05, 0) is 49.6 Å². The highest BCUT2D eigenvalue weighted by molar-refractivity contribution is 6.00. The number of para-hydroxylation sites is 1. The van der Waals surface area contributed by atoms with Gasteiger partial charge in [-0.3, -0.25) is 9.59 Å². The van der Waals surface area contributed by atoms with Crippen LogP contribution in [0.3, 0.4) is 0 Å². The molecule has 0 bridgehead atoms. The van der Waals surface area contributed by atoms with Crippen LogP contribution in [-0.2, 0) is 4.79 Å². The summed E-state index contributed by atoms with van der Waals surface area (Å²) < 4.78 is 0. The lowest BCUT2D eigenvalue weighted by Crippen LogP contribution is -2.39. The van der Waals surface area contributed by atoms with Gasteiger partial charge >= 0.3 is 0 Å². The smallest absolute Gasteiger partial charge is 0.254 e. The number of nitrogens with zero attached hydrogens (tertiary/aromatic N) is 1. The second-order valence-electron chi connectivity index (χ2n) is 6.16. The van der Waals surface area contributed by atoms with Crippen LogP contribution in [0.2, 0.25) is 0 Å². The first kappa shape index (κ1) is 18.5. The average molecular weight is 339 g/mol. The van der Waals surface area contributed by atoms with Crippen molar-refractivity contribution >= 4 is 23.2 Å². The maximum absolute atomic E-state index is 12.9. The zero-order valence-electron chi connectivity index (χ0n) is 15.0. The van der Waals surface area contributed by atoms with Crippen LogP contribution in [-0.4, -0.2) is 29.8 Å². The Morgan fingerprint density at radius 3 is 2.48 bits per heavy atom. The van der Waals surface area contributed by atoms with Crippen LogP contribution in [0.5, 0.6) is 0 Å². The number of anilines is 2. The molecule has 0 heterocycles. The van der Waals surface area contributed by atoms with Crippen LogP contribution >= 0.6 is 0 Å². The summed E-state index contributed by atoms with van der Waals surface area (Å²) in [6, 6.07) is 12.8. The fourth-order valence-corrected chi connectivity index (χ4v) is 2.64. The van der Waals surface area contributed by atoms with Gasteiger partial charge in [-0.2, -0.15) is 0 Å². The third kappa shape index (κ3) is 4.83. The van der Waals surface area contributed by atoms with E-state index in [1.165, 1.54) is 0 Å². The molecule has 0 aliphatic rings. The molecule has 0 aromatic heterocycles. The summed E-state index contributed by atoms with van der Waals surface area (Å²) in [4.78, 5) is 26.8. The Labute approximate surface area is 148 Å². The molecule has 0 saturated carbocycles. The second kappa shape index (κ2) is 8.33. The first-order valence-electron chi connectivity index (χ1n) is 8.43. The summed E-state index contributed by atoms with van der Waals surface area (Å²) in [7, 11) is 0. The molecular formula is C20H25N3O2. The van der Waals surface area contributed by atoms with E-state index in [4.69, 9.17) is 5.73 Å². The van der Waals surface area contributed by atoms with Gasteiger partial charge in [0.2, 0.25) is 5.91 Å². The summed E-state index contributed by atoms with van der Waals surface area (Å²) in [6.45, 7) is 6.29. The Morgan fingerprint density at radius 2 is 1.80 bits per heavy atom. The maximum atomic E-state index is 12.9. The Balaban J connectivity index is 2.14. The number of carbonyl (C=O) groups excluding carboxylic acids is 2. The van der Waals surface area contributed by atoms with Crippen molar-refractivity contribution in [2.24, 2.45) is 0 Å². The molecule has 132 valence electrons. The number of benzene rings is 2. The van der Waals surface area contributed by atoms with E-state index in [0.717, 1.165) is 23.2 Å². The normalized spacial score (nSPS) is 10.4. The topological polar surface area (TPSA) is 75.4 Å². The van der Waals surface area contributed by atoms with Gasteiger partial charge in [0.15, 0.2) is 0 Å². The van der Waals surface area contributed by atoms with Crippen molar-refractivity contribution in [3.05, 3.63) is 59.2 Å². The number of aryl methyl sites for hydroxylation is 2. The third-order valence-corrected chi connectivity index (χ3v) is 4.03. The largest absolute Gasteiger partial charge is 0.399 e. The van der Waals surface area contributed by atoms with Gasteiger partial charge in [-0.25, -0.2) is 0 Å². The zero-order chi connectivity index (χ0) is 18.4. The van der Waals surface area contributed by atoms with E-state index in [-0.39, 0.29) is 18.4 Å². The van der Waals surface area contributed by atoms with Crippen LogP contribution in [0, 0.1) is 13.8 Å². The molecule has 0 aliphatic heterocycles. The predicted octanol–water partition coefficient (Wildman–Crippen LogP) is 3.38. The first-order chi connectivity index (χ1) is 11.9. The molecule has 2 rings (SSSR count). The quantitative estimate of drug-likeness (QED) is 0.792. The lowest BCUT2D eigenvalue weighted by molar-refractivity contribution is -0.116. The minimum Gasteiger partial charge on any atom is -0.399 e. The van der Waals surface area contributed by atoms with Gasteiger partial charge in [0.25, 0.3) is 5.91 Å². The second-order valence-corrected chi connectivity index (χ2v) is 6.16. The van der Waals surface area contributed by atoms with Crippen molar-refractivity contribution < 1.29 is 9.59 Å². The van der Waals surface area contributed by atoms with E-state index in [1.807, 2.05) is 51.1 Å². The molecule has 5 nitrogen and oxygen atoms in total. The van der Waals surface area contributed by atoms with Crippen LogP contribution in [0.1, 0.15) is 34.8 Å². The van der Waals surface area contributed by atoms with Crippen molar-refractivity contribution in [1.82, 2.24) is 4.90 Å². The molecule has 0 spiro atoms. The lowest BCUT2D eigenvalue weighted by atomic mass is 10.1. The van der Waals surface area contributed by atoms with Gasteiger partial charge in [0, 0.05) is 23.5 Å². The number of amides is 2. The number of carbonyl (C=O) groups is 2. The van der Waals surface area contributed by atoms with Crippen LogP contribution in [0.4, 0.5) is 11.4 Å². The highest BCUT2D eigenvalue weighted by Crippen LogP contribution is 2.16. The van der Waals surface area contributed by atoms with Gasteiger partial charge < -0.3 is 16.0 Å². The Morgan fingerprint density at radius 1 is 1.08 bits per heavy atom. The number of nitrogen functional groups attached to an aromatic ring is 1. The maximum Gasteiger partial charge on any atom is 0.254 e. The Bertz CT molecular complexity index is 771. The number of nitrogens with one attached hydrogen (secondary N) is 1. The van der Waals surface area contributed by atoms with Crippen LogP contribution in [0.25, 0.3) is 0 Å². The van der Waals surface area contributed by atoms with E-state index < -0.39 is 0 Å². The Hall–Kier alpha value is -2.82. The van der Waals surface area contributed by atoms with Crippen molar-refractivity contribution in [3.63, 3.8) is 0 Å². The summed E-state index contributed by atoms with van der Waals surface area (Å²) in [5, 5.41) is 2.87. The molecule has 0 aliphatic carbocycles. The molecule has 5 heteroatoms. The molecule has 25 heavy (non-hydrogen) atoms. The van der Waals surface area contributed by atoms with Crippen LogP contribution < -0.4 is 11.1 Å². The lowest BCUT2D eigenvalue weighted by Gasteiger charge is -2.23. The molecule has 0 saturated heterocycles.